The van der Waals surface area contributed by atoms with E-state index >= 15 is 0 Å². The zero-order chi connectivity index (χ0) is 31.8. The molecular formula is C22H29N12O7S2+. The average Bonchev–Trinajstić information content (AvgIpc) is 3.48. The number of aliphatic imine (C=N–C) groups is 1. The number of aromatic nitrogens is 4. The molecule has 0 bridgehead atoms. The summed E-state index contributed by atoms with van der Waals surface area (Å²) in [5.74, 6) is -4.31. The van der Waals surface area contributed by atoms with Crippen molar-refractivity contribution in [2.24, 2.45) is 21.6 Å². The van der Waals surface area contributed by atoms with Crippen molar-refractivity contribution < 1.29 is 38.9 Å². The fraction of sp³-hybridized carbons (Fsp3) is 0.409. The molecular weight excluding hydrogens is 608 g/mol. The second kappa shape index (κ2) is 11.8. The molecule has 1 fully saturated rings. The molecule has 11 N–H and O–H groups in total. The Kier molecular flexibility index (Phi) is 8.48. The van der Waals surface area contributed by atoms with Gasteiger partial charge in [-0.2, -0.15) is 9.36 Å². The van der Waals surface area contributed by atoms with Gasteiger partial charge in [-0.05, 0) is 20.8 Å². The third-order valence-corrected chi connectivity index (χ3v) is 8.19. The maximum absolute atomic E-state index is 13.2. The van der Waals surface area contributed by atoms with Gasteiger partial charge >= 0.3 is 11.9 Å². The monoisotopic (exact) mass is 637 g/mol. The van der Waals surface area contributed by atoms with E-state index < -0.39 is 46.5 Å². The van der Waals surface area contributed by atoms with Crippen molar-refractivity contribution in [3.8, 4) is 0 Å². The van der Waals surface area contributed by atoms with Crippen molar-refractivity contribution in [2.45, 2.75) is 50.9 Å². The quantitative estimate of drug-likeness (QED) is 0.0450. The lowest BCUT2D eigenvalue weighted by atomic mass is 10.0. The first-order valence-electron chi connectivity index (χ1n) is 12.4. The number of thioether (sulfide) groups is 1. The number of hydrogen-bond acceptors (Lipinski definition) is 13. The van der Waals surface area contributed by atoms with Crippen LogP contribution in [0.3, 0.4) is 0 Å². The van der Waals surface area contributed by atoms with Crippen molar-refractivity contribution >= 4 is 75.4 Å². The van der Waals surface area contributed by atoms with Crippen LogP contribution < -0.4 is 32.9 Å². The Balaban J connectivity index is 1.59. The zero-order valence-corrected chi connectivity index (χ0v) is 24.7. The summed E-state index contributed by atoms with van der Waals surface area (Å²) in [5, 5.41) is 24.8. The molecule has 0 radical (unpaired) electrons. The second-order valence-corrected chi connectivity index (χ2v) is 11.6. The molecule has 2 aromatic rings. The molecule has 1 saturated heterocycles. The maximum atomic E-state index is 13.2. The summed E-state index contributed by atoms with van der Waals surface area (Å²) in [7, 11) is 0. The van der Waals surface area contributed by atoms with E-state index in [1.165, 1.54) is 25.6 Å². The number of rotatable bonds is 11. The van der Waals surface area contributed by atoms with Gasteiger partial charge in [-0.15, -0.1) is 21.1 Å². The summed E-state index contributed by atoms with van der Waals surface area (Å²) < 4.78 is 7.22. The number of anilines is 2. The number of aliphatic carboxylic acids is 2. The summed E-state index contributed by atoms with van der Waals surface area (Å²) in [5.41, 5.74) is 20.9. The van der Waals surface area contributed by atoms with Crippen LogP contribution in [0.2, 0.25) is 0 Å². The largest absolute Gasteiger partial charge is 0.478 e. The third-order valence-electron chi connectivity index (χ3n) is 6.31. The van der Waals surface area contributed by atoms with Crippen LogP contribution in [0.5, 0.6) is 0 Å². The van der Waals surface area contributed by atoms with Crippen LogP contribution in [-0.4, -0.2) is 87.3 Å². The van der Waals surface area contributed by atoms with Crippen LogP contribution in [-0.2, 0) is 37.1 Å². The van der Waals surface area contributed by atoms with E-state index in [2.05, 4.69) is 24.8 Å². The SMILES string of the molecule is CCn1c(N)c(N=C(N)N)c[n+]1CC1=C(C(=O)O)N2C(=O)[C@@H](NC(=O)/C(=N\OC(C)(C)C(=O)O)c3nsc(N)n3)[C@H]2SC1. The summed E-state index contributed by atoms with van der Waals surface area (Å²) in [4.78, 5) is 64.3. The van der Waals surface area contributed by atoms with Crippen LogP contribution in [0.25, 0.3) is 0 Å². The minimum Gasteiger partial charge on any atom is -0.478 e. The first-order chi connectivity index (χ1) is 20.2. The van der Waals surface area contributed by atoms with Crippen LogP contribution >= 0.6 is 23.3 Å². The molecule has 2 aliphatic rings. The number of nitrogens with one attached hydrogen (secondary N) is 1. The molecule has 21 heteroatoms. The van der Waals surface area contributed by atoms with Gasteiger partial charge in [-0.25, -0.2) is 14.6 Å². The number of nitrogen functional groups attached to an aromatic ring is 2. The van der Waals surface area contributed by atoms with Gasteiger partial charge in [0.25, 0.3) is 11.8 Å². The smallest absolute Gasteiger partial charge is 0.352 e. The average molecular weight is 638 g/mol. The van der Waals surface area contributed by atoms with Gasteiger partial charge in [-0.3, -0.25) is 14.5 Å². The molecule has 0 spiro atoms. The van der Waals surface area contributed by atoms with Crippen molar-refractivity contribution in [2.75, 3.05) is 17.2 Å². The number of fused-ring (bicyclic) bond motifs is 1. The molecule has 43 heavy (non-hydrogen) atoms. The normalized spacial score (nSPS) is 18.5. The Labute approximate surface area is 251 Å². The summed E-state index contributed by atoms with van der Waals surface area (Å²) >= 11 is 1.99. The number of β-lactam (4-membered cyclic amide) rings is 1. The fourth-order valence-electron chi connectivity index (χ4n) is 4.18. The van der Waals surface area contributed by atoms with Gasteiger partial charge in [0, 0.05) is 22.9 Å². The van der Waals surface area contributed by atoms with Crippen LogP contribution in [0.4, 0.5) is 16.6 Å². The highest BCUT2D eigenvalue weighted by Gasteiger charge is 2.55. The second-order valence-electron chi connectivity index (χ2n) is 9.67. The van der Waals surface area contributed by atoms with Gasteiger partial charge in [0.1, 0.15) is 17.1 Å². The standard InChI is InChI=1S/C22H28N12O7S2/c1-4-33-13(23)9(27-20(24)25)6-32(33)5-8-7-42-17-11(16(36)34(17)12(8)18(37)38)28-15(35)10(14-29-21(26)43-31-14)30-41-22(2,3)19(39)40/h6,11,17,23H,4-5,7H2,1-3H3,(H9,24,25,26,27,28,29,31,35,37,38,39,40)/p+1/b30-10-/t11-,17-/m1/s1. The topological polar surface area (TPSA) is 297 Å². The number of amides is 2. The number of hydrogen-bond donors (Lipinski definition) is 7. The zero-order valence-electron chi connectivity index (χ0n) is 23.0. The molecule has 0 aromatic carbocycles. The maximum Gasteiger partial charge on any atom is 0.352 e. The first-order valence-corrected chi connectivity index (χ1v) is 14.3. The number of oxime groups is 1. The number of guanidine groups is 1. The molecule has 0 unspecified atom stereocenters. The number of nitrogens with two attached hydrogens (primary N) is 4. The van der Waals surface area contributed by atoms with E-state index in [0.717, 1.165) is 16.4 Å². The first kappa shape index (κ1) is 31.0. The molecule has 0 saturated carbocycles. The van der Waals surface area contributed by atoms with Gasteiger partial charge in [0.15, 0.2) is 29.1 Å². The fourth-order valence-corrected chi connectivity index (χ4v) is 5.95. The Hall–Kier alpha value is -4.92. The lowest BCUT2D eigenvalue weighted by molar-refractivity contribution is -0.767. The van der Waals surface area contributed by atoms with E-state index in [1.807, 2.05) is 6.92 Å². The Morgan fingerprint density at radius 3 is 2.53 bits per heavy atom. The highest BCUT2D eigenvalue weighted by molar-refractivity contribution is 8.00. The van der Waals surface area contributed by atoms with E-state index in [0.29, 0.717) is 17.8 Å². The van der Waals surface area contributed by atoms with E-state index in [1.54, 1.807) is 15.6 Å². The van der Waals surface area contributed by atoms with Gasteiger partial charge in [-0.1, -0.05) is 5.16 Å². The molecule has 2 amide bonds. The van der Waals surface area contributed by atoms with Crippen molar-refractivity contribution in [3.05, 3.63) is 23.3 Å². The molecule has 0 aliphatic carbocycles. The van der Waals surface area contributed by atoms with E-state index in [9.17, 15) is 29.4 Å². The molecule has 2 aliphatic heterocycles. The number of nitrogens with zero attached hydrogens (tertiary/aromatic N) is 7. The molecule has 4 heterocycles. The number of carbonyl (C=O) groups is 4. The summed E-state index contributed by atoms with van der Waals surface area (Å²) in [6.45, 7) is 4.74. The minimum absolute atomic E-state index is 0.00440. The Morgan fingerprint density at radius 2 is 1.98 bits per heavy atom. The molecule has 230 valence electrons. The minimum atomic E-state index is -1.81. The van der Waals surface area contributed by atoms with Crippen LogP contribution in [0.15, 0.2) is 27.6 Å². The summed E-state index contributed by atoms with van der Waals surface area (Å²) in [6.07, 6.45) is 1.57. The van der Waals surface area contributed by atoms with Crippen LogP contribution in [0.1, 0.15) is 26.6 Å². The lowest BCUT2D eigenvalue weighted by Gasteiger charge is -2.49. The van der Waals surface area contributed by atoms with Crippen molar-refractivity contribution in [1.82, 2.24) is 24.3 Å². The number of carbonyl (C=O) groups excluding carboxylic acids is 2. The molecule has 19 nitrogen and oxygen atoms in total. The van der Waals surface area contributed by atoms with Crippen LogP contribution in [0, 0.1) is 0 Å². The van der Waals surface area contributed by atoms with Gasteiger partial charge in [0.05, 0.1) is 6.54 Å². The molecule has 4 rings (SSSR count). The predicted octanol–water partition coefficient (Wildman–Crippen LogP) is -2.26. The van der Waals surface area contributed by atoms with E-state index in [4.69, 9.17) is 27.8 Å². The molecule has 2 aromatic heterocycles. The van der Waals surface area contributed by atoms with Gasteiger partial charge < -0.3 is 43.3 Å². The highest BCUT2D eigenvalue weighted by atomic mass is 32.2. The lowest BCUT2D eigenvalue weighted by Crippen LogP contribution is -2.71. The van der Waals surface area contributed by atoms with Crippen molar-refractivity contribution in [3.63, 3.8) is 0 Å². The predicted molar refractivity (Wildman–Crippen MR) is 154 cm³/mol. The Morgan fingerprint density at radius 1 is 1.28 bits per heavy atom. The third kappa shape index (κ3) is 6.02. The number of carboxylic acids is 2. The van der Waals surface area contributed by atoms with Gasteiger partial charge in [0.2, 0.25) is 23.3 Å². The summed E-state index contributed by atoms with van der Waals surface area (Å²) in [6, 6.07) is -1.14. The molecule has 2 atom stereocenters. The number of carboxylic acid groups (broad SMARTS) is 2. The highest BCUT2D eigenvalue weighted by Crippen LogP contribution is 2.40. The van der Waals surface area contributed by atoms with Crippen molar-refractivity contribution in [1.29, 1.82) is 0 Å². The van der Waals surface area contributed by atoms with E-state index in [-0.39, 0.29) is 40.7 Å². The Bertz CT molecular complexity index is 1590.